The first-order chi connectivity index (χ1) is 12.3. The average molecular weight is 361 g/mol. The molecule has 0 aliphatic heterocycles. The zero-order chi connectivity index (χ0) is 17.8. The van der Waals surface area contributed by atoms with Crippen LogP contribution in [0.2, 0.25) is 0 Å². The van der Waals surface area contributed by atoms with Crippen molar-refractivity contribution >= 4 is 18.9 Å². The van der Waals surface area contributed by atoms with Gasteiger partial charge in [-0.15, -0.1) is 0 Å². The molecule has 25 heavy (non-hydrogen) atoms. The van der Waals surface area contributed by atoms with E-state index < -0.39 is 8.56 Å². The first kappa shape index (κ1) is 19.8. The van der Waals surface area contributed by atoms with Crippen LogP contribution in [-0.2, 0) is 18.3 Å². The first-order valence-electron chi connectivity index (χ1n) is 8.88. The van der Waals surface area contributed by atoms with Crippen molar-refractivity contribution in [2.45, 2.75) is 13.8 Å². The van der Waals surface area contributed by atoms with E-state index in [4.69, 9.17) is 18.3 Å². The van der Waals surface area contributed by atoms with E-state index in [2.05, 4.69) is 24.3 Å². The lowest BCUT2D eigenvalue weighted by molar-refractivity contribution is 0.0729. The topological polar surface area (TPSA) is 36.9 Å². The third-order valence-electron chi connectivity index (χ3n) is 3.78. The van der Waals surface area contributed by atoms with Gasteiger partial charge in [0.15, 0.2) is 0 Å². The summed E-state index contributed by atoms with van der Waals surface area (Å²) < 4.78 is 23.8. The van der Waals surface area contributed by atoms with Crippen LogP contribution < -0.4 is 10.4 Å². The summed E-state index contributed by atoms with van der Waals surface area (Å²) in [4.78, 5) is 0. The molecule has 0 N–H and O–H groups in total. The fourth-order valence-electron chi connectivity index (χ4n) is 2.63. The zero-order valence-corrected chi connectivity index (χ0v) is 16.1. The second-order valence-corrected chi connectivity index (χ2v) is 8.40. The van der Waals surface area contributed by atoms with Gasteiger partial charge in [-0.2, -0.15) is 0 Å². The Kier molecular flexibility index (Phi) is 8.86. The SMILES string of the molecule is CCOCCO[Si](OCCOCC)(c1ccccc1)c1ccccc1. The Bertz CT molecular complexity index is 523. The standard InChI is InChI=1S/C20H28O4Si/c1-3-21-15-17-23-25(24-18-16-22-4-2,19-11-7-5-8-12-19)20-13-9-6-10-14-20/h5-14H,3-4,15-18H2,1-2H3. The number of rotatable bonds is 12. The van der Waals surface area contributed by atoms with Crippen molar-refractivity contribution in [3.05, 3.63) is 60.7 Å². The summed E-state index contributed by atoms with van der Waals surface area (Å²) in [6.07, 6.45) is 0. The monoisotopic (exact) mass is 360 g/mol. The van der Waals surface area contributed by atoms with Gasteiger partial charge in [0.2, 0.25) is 0 Å². The Balaban J connectivity index is 2.30. The van der Waals surface area contributed by atoms with E-state index >= 15 is 0 Å². The van der Waals surface area contributed by atoms with Crippen LogP contribution in [0.4, 0.5) is 0 Å². The minimum Gasteiger partial charge on any atom is -0.385 e. The van der Waals surface area contributed by atoms with Crippen LogP contribution in [0.15, 0.2) is 60.7 Å². The van der Waals surface area contributed by atoms with Crippen LogP contribution in [0, 0.1) is 0 Å². The molecule has 0 aliphatic rings. The van der Waals surface area contributed by atoms with E-state index in [0.29, 0.717) is 39.6 Å². The van der Waals surface area contributed by atoms with Crippen molar-refractivity contribution in [3.8, 4) is 0 Å². The predicted molar refractivity (Wildman–Crippen MR) is 103 cm³/mol. The maximum Gasteiger partial charge on any atom is 0.407 e. The van der Waals surface area contributed by atoms with Crippen LogP contribution in [-0.4, -0.2) is 48.2 Å². The Morgan fingerprint density at radius 2 is 1.00 bits per heavy atom. The lowest BCUT2D eigenvalue weighted by Crippen LogP contribution is -2.64. The molecule has 4 nitrogen and oxygen atoms in total. The fourth-order valence-corrected chi connectivity index (χ4v) is 5.72. The van der Waals surface area contributed by atoms with Gasteiger partial charge in [0.05, 0.1) is 26.4 Å². The molecule has 0 radical (unpaired) electrons. The molecule has 5 heteroatoms. The van der Waals surface area contributed by atoms with E-state index in [0.717, 1.165) is 10.4 Å². The molecule has 2 aromatic carbocycles. The highest BCUT2D eigenvalue weighted by molar-refractivity contribution is 6.92. The summed E-state index contributed by atoms with van der Waals surface area (Å²) in [7, 11) is -2.81. The van der Waals surface area contributed by atoms with Crippen molar-refractivity contribution in [1.82, 2.24) is 0 Å². The molecule has 0 atom stereocenters. The van der Waals surface area contributed by atoms with Crippen molar-refractivity contribution in [1.29, 1.82) is 0 Å². The van der Waals surface area contributed by atoms with E-state index in [1.54, 1.807) is 0 Å². The first-order valence-corrected chi connectivity index (χ1v) is 10.7. The summed E-state index contributed by atoms with van der Waals surface area (Å²) in [5.41, 5.74) is 0. The average Bonchev–Trinajstić information content (AvgIpc) is 2.68. The van der Waals surface area contributed by atoms with Gasteiger partial charge >= 0.3 is 8.56 Å². The van der Waals surface area contributed by atoms with Gasteiger partial charge in [-0.1, -0.05) is 60.7 Å². The molecular weight excluding hydrogens is 332 g/mol. The smallest absolute Gasteiger partial charge is 0.385 e. The molecule has 0 bridgehead atoms. The molecule has 0 spiro atoms. The van der Waals surface area contributed by atoms with E-state index in [1.807, 2.05) is 50.2 Å². The second kappa shape index (κ2) is 11.2. The van der Waals surface area contributed by atoms with Crippen molar-refractivity contribution < 1.29 is 18.3 Å². The maximum atomic E-state index is 6.42. The normalized spacial score (nSPS) is 11.6. The Labute approximate surface area is 151 Å². The lowest BCUT2D eigenvalue weighted by Gasteiger charge is -2.31. The van der Waals surface area contributed by atoms with Crippen molar-refractivity contribution in [2.24, 2.45) is 0 Å². The number of ether oxygens (including phenoxy) is 2. The van der Waals surface area contributed by atoms with Gasteiger partial charge in [-0.3, -0.25) is 0 Å². The van der Waals surface area contributed by atoms with Crippen LogP contribution in [0.1, 0.15) is 13.8 Å². The Morgan fingerprint density at radius 3 is 1.36 bits per heavy atom. The van der Waals surface area contributed by atoms with Gasteiger partial charge in [-0.25, -0.2) is 0 Å². The number of hydrogen-bond acceptors (Lipinski definition) is 4. The Morgan fingerprint density at radius 1 is 0.600 bits per heavy atom. The number of benzene rings is 2. The van der Waals surface area contributed by atoms with E-state index in [9.17, 15) is 0 Å². The molecule has 0 fully saturated rings. The highest BCUT2D eigenvalue weighted by atomic mass is 28.4. The van der Waals surface area contributed by atoms with Gasteiger partial charge in [0.1, 0.15) is 0 Å². The molecule has 0 saturated heterocycles. The minimum atomic E-state index is -2.81. The van der Waals surface area contributed by atoms with E-state index in [-0.39, 0.29) is 0 Å². The van der Waals surface area contributed by atoms with E-state index in [1.165, 1.54) is 0 Å². The molecule has 0 heterocycles. The van der Waals surface area contributed by atoms with Crippen LogP contribution >= 0.6 is 0 Å². The lowest BCUT2D eigenvalue weighted by atomic mass is 10.4. The molecule has 136 valence electrons. The van der Waals surface area contributed by atoms with Gasteiger partial charge in [0.25, 0.3) is 0 Å². The molecule has 2 rings (SSSR count). The fraction of sp³-hybridized carbons (Fsp3) is 0.400. The van der Waals surface area contributed by atoms with Crippen molar-refractivity contribution in [3.63, 3.8) is 0 Å². The van der Waals surface area contributed by atoms with Gasteiger partial charge in [0, 0.05) is 13.2 Å². The summed E-state index contributed by atoms with van der Waals surface area (Å²) in [6.45, 7) is 7.44. The summed E-state index contributed by atoms with van der Waals surface area (Å²) >= 11 is 0. The summed E-state index contributed by atoms with van der Waals surface area (Å²) in [5, 5.41) is 2.18. The molecular formula is C20H28O4Si. The molecule has 0 unspecified atom stereocenters. The van der Waals surface area contributed by atoms with Gasteiger partial charge < -0.3 is 18.3 Å². The highest BCUT2D eigenvalue weighted by Crippen LogP contribution is 2.10. The van der Waals surface area contributed by atoms with Gasteiger partial charge in [-0.05, 0) is 24.2 Å². The quantitative estimate of drug-likeness (QED) is 0.430. The van der Waals surface area contributed by atoms with Crippen LogP contribution in [0.3, 0.4) is 0 Å². The second-order valence-electron chi connectivity index (χ2n) is 5.44. The summed E-state index contributed by atoms with van der Waals surface area (Å²) in [5.74, 6) is 0. The molecule has 0 amide bonds. The highest BCUT2D eigenvalue weighted by Gasteiger charge is 2.42. The molecule has 0 saturated carbocycles. The largest absolute Gasteiger partial charge is 0.407 e. The summed E-state index contributed by atoms with van der Waals surface area (Å²) in [6, 6.07) is 20.5. The predicted octanol–water partition coefficient (Wildman–Crippen LogP) is 2.35. The molecule has 0 aromatic heterocycles. The number of hydrogen-bond donors (Lipinski definition) is 0. The maximum absolute atomic E-state index is 6.42. The van der Waals surface area contributed by atoms with Crippen molar-refractivity contribution in [2.75, 3.05) is 39.6 Å². The molecule has 0 aliphatic carbocycles. The minimum absolute atomic E-state index is 0.498. The third kappa shape index (κ3) is 5.76. The Hall–Kier alpha value is -1.50. The van der Waals surface area contributed by atoms with Crippen LogP contribution in [0.25, 0.3) is 0 Å². The molecule has 2 aromatic rings. The third-order valence-corrected chi connectivity index (χ3v) is 7.19. The zero-order valence-electron chi connectivity index (χ0n) is 15.1. The van der Waals surface area contributed by atoms with Crippen LogP contribution in [0.5, 0.6) is 0 Å².